The highest BCUT2D eigenvalue weighted by molar-refractivity contribution is 6.52. The van der Waals surface area contributed by atoms with Gasteiger partial charge in [0.2, 0.25) is 0 Å². The van der Waals surface area contributed by atoms with Gasteiger partial charge in [0.05, 0.1) is 0 Å². The SMILES string of the molecule is CC(=O)[C@]12CCCC(C)(C)[C@H]1[C@@H]1C(Cl)(Cl)[C@]1(C)CC2.CC(=O)[C@]12CCCC(C)(C)[C@H]1[C@@H]1C(Cl)(Cl)[C@]1(C)CC2. The molecule has 0 aromatic heterocycles. The lowest BCUT2D eigenvalue weighted by atomic mass is 9.48. The van der Waals surface area contributed by atoms with Crippen LogP contribution in [0.15, 0.2) is 0 Å². The normalized spacial score (nSPS) is 50.0. The van der Waals surface area contributed by atoms with Crippen molar-refractivity contribution in [3.63, 3.8) is 0 Å². The van der Waals surface area contributed by atoms with Gasteiger partial charge in [-0.15, -0.1) is 46.4 Å². The molecule has 0 aromatic rings. The molecule has 6 saturated carbocycles. The second-order valence-electron chi connectivity index (χ2n) is 16.1. The summed E-state index contributed by atoms with van der Waals surface area (Å²) in [4.78, 5) is 24.9. The van der Waals surface area contributed by atoms with Crippen LogP contribution in [0, 0.1) is 56.2 Å². The van der Waals surface area contributed by atoms with Crippen LogP contribution < -0.4 is 0 Å². The van der Waals surface area contributed by atoms with Crippen LogP contribution in [0.1, 0.15) is 120 Å². The summed E-state index contributed by atoms with van der Waals surface area (Å²) >= 11 is 26.5. The van der Waals surface area contributed by atoms with Crippen LogP contribution in [0.2, 0.25) is 0 Å². The van der Waals surface area contributed by atoms with Crippen LogP contribution in [-0.4, -0.2) is 20.2 Å². The molecule has 8 atom stereocenters. The van der Waals surface area contributed by atoms with Gasteiger partial charge in [-0.25, -0.2) is 0 Å². The number of carbonyl (C=O) groups excluding carboxylic acids is 2. The van der Waals surface area contributed by atoms with Crippen molar-refractivity contribution in [2.24, 2.45) is 56.2 Å². The highest BCUT2D eigenvalue weighted by Gasteiger charge is 2.82. The van der Waals surface area contributed by atoms with E-state index in [4.69, 9.17) is 46.4 Å². The molecule has 0 bridgehead atoms. The van der Waals surface area contributed by atoms with Crippen molar-refractivity contribution in [3.8, 4) is 0 Å². The number of hydrogen-bond acceptors (Lipinski definition) is 2. The number of hydrogen-bond donors (Lipinski definition) is 0. The number of halogens is 4. The molecule has 2 nitrogen and oxygen atoms in total. The largest absolute Gasteiger partial charge is 0.299 e. The van der Waals surface area contributed by atoms with Gasteiger partial charge in [-0.3, -0.25) is 9.59 Å². The van der Waals surface area contributed by atoms with Crippen LogP contribution in [0.5, 0.6) is 0 Å². The topological polar surface area (TPSA) is 34.1 Å². The highest BCUT2D eigenvalue weighted by Crippen LogP contribution is 2.83. The minimum Gasteiger partial charge on any atom is -0.299 e. The molecule has 216 valence electrons. The molecule has 0 saturated heterocycles. The van der Waals surface area contributed by atoms with Crippen LogP contribution in [-0.2, 0) is 9.59 Å². The molecule has 0 N–H and O–H groups in total. The lowest BCUT2D eigenvalue weighted by Crippen LogP contribution is -2.52. The van der Waals surface area contributed by atoms with Crippen molar-refractivity contribution in [1.82, 2.24) is 0 Å². The van der Waals surface area contributed by atoms with Gasteiger partial charge in [-0.05, 0) is 87.9 Å². The minimum atomic E-state index is -0.622. The molecule has 6 rings (SSSR count). The smallest absolute Gasteiger partial charge is 0.136 e. The molecule has 0 spiro atoms. The van der Waals surface area contributed by atoms with Gasteiger partial charge >= 0.3 is 0 Å². The fourth-order valence-corrected chi connectivity index (χ4v) is 13.2. The predicted octanol–water partition coefficient (Wildman–Crippen LogP) is 9.98. The Labute approximate surface area is 251 Å². The minimum absolute atomic E-state index is 0.0222. The zero-order valence-electron chi connectivity index (χ0n) is 24.7. The zero-order valence-corrected chi connectivity index (χ0v) is 27.7. The van der Waals surface area contributed by atoms with E-state index in [-0.39, 0.29) is 44.3 Å². The Morgan fingerprint density at radius 2 is 0.816 bits per heavy atom. The molecule has 0 heterocycles. The van der Waals surface area contributed by atoms with E-state index < -0.39 is 8.67 Å². The molecule has 0 aliphatic heterocycles. The lowest BCUT2D eigenvalue weighted by Gasteiger charge is -2.54. The van der Waals surface area contributed by atoms with Gasteiger partial charge in [0.1, 0.15) is 20.2 Å². The molecule has 6 fully saturated rings. The number of fused-ring (bicyclic) bond motifs is 6. The Balaban J connectivity index is 0.000000155. The summed E-state index contributed by atoms with van der Waals surface area (Å²) in [6.45, 7) is 17.2. The van der Waals surface area contributed by atoms with Gasteiger partial charge < -0.3 is 0 Å². The van der Waals surface area contributed by atoms with E-state index in [1.54, 1.807) is 13.8 Å². The van der Waals surface area contributed by atoms with Crippen LogP contribution in [0.4, 0.5) is 0 Å². The molecule has 0 aromatic carbocycles. The lowest BCUT2D eigenvalue weighted by molar-refractivity contribution is -0.145. The summed E-state index contributed by atoms with van der Waals surface area (Å²) in [7, 11) is 0. The van der Waals surface area contributed by atoms with E-state index >= 15 is 0 Å². The second kappa shape index (κ2) is 8.54. The average molecular weight is 607 g/mol. The van der Waals surface area contributed by atoms with Crippen molar-refractivity contribution in [2.75, 3.05) is 0 Å². The fourth-order valence-electron chi connectivity index (χ4n) is 11.1. The van der Waals surface area contributed by atoms with Crippen molar-refractivity contribution in [2.45, 2.75) is 128 Å². The number of Topliss-reactive ketones (excluding diaryl/α,β-unsaturated/α-hetero) is 2. The summed E-state index contributed by atoms with van der Waals surface area (Å²) in [5.41, 5.74) is 0.0706. The average Bonchev–Trinajstić information content (AvgIpc) is 3.45. The van der Waals surface area contributed by atoms with Gasteiger partial charge in [-0.2, -0.15) is 0 Å². The first-order valence-corrected chi connectivity index (χ1v) is 16.5. The Bertz CT molecular complexity index is 966. The Hall–Kier alpha value is 0.500. The van der Waals surface area contributed by atoms with Gasteiger partial charge in [0.25, 0.3) is 0 Å². The van der Waals surface area contributed by atoms with Crippen molar-refractivity contribution < 1.29 is 9.59 Å². The van der Waals surface area contributed by atoms with Gasteiger partial charge in [0, 0.05) is 33.5 Å². The standard InChI is InChI=1S/2C16H24Cl2O/c2*1-10(19)15-7-5-6-13(2,3)11(15)12-14(4,8-9-15)16(12,17)18/h2*11-12H,5-9H2,1-4H3/t2*11-,12+,14-,15-/m11/s1. The van der Waals surface area contributed by atoms with Crippen LogP contribution in [0.3, 0.4) is 0 Å². The summed E-state index contributed by atoms with van der Waals surface area (Å²) in [5.74, 6) is 2.00. The van der Waals surface area contributed by atoms with E-state index in [1.807, 2.05) is 0 Å². The molecule has 6 aliphatic rings. The van der Waals surface area contributed by atoms with Crippen molar-refractivity contribution in [1.29, 1.82) is 0 Å². The number of alkyl halides is 4. The monoisotopic (exact) mass is 604 g/mol. The molecule has 38 heavy (non-hydrogen) atoms. The third-order valence-electron chi connectivity index (χ3n) is 13.5. The summed E-state index contributed by atoms with van der Waals surface area (Å²) in [6, 6.07) is 0. The van der Waals surface area contributed by atoms with E-state index in [2.05, 4.69) is 41.5 Å². The number of rotatable bonds is 2. The van der Waals surface area contributed by atoms with E-state index in [1.165, 1.54) is 12.8 Å². The molecular weight excluding hydrogens is 558 g/mol. The number of carbonyl (C=O) groups is 2. The Kier molecular flexibility index (Phi) is 6.73. The van der Waals surface area contributed by atoms with Crippen LogP contribution >= 0.6 is 46.4 Å². The highest BCUT2D eigenvalue weighted by atomic mass is 35.5. The third-order valence-corrected chi connectivity index (χ3v) is 16.2. The fraction of sp³-hybridized carbons (Fsp3) is 0.938. The first-order valence-electron chi connectivity index (χ1n) is 15.0. The van der Waals surface area contributed by atoms with E-state index in [0.29, 0.717) is 23.4 Å². The Morgan fingerprint density at radius 1 is 0.500 bits per heavy atom. The molecule has 6 heteroatoms. The predicted molar refractivity (Wildman–Crippen MR) is 159 cm³/mol. The van der Waals surface area contributed by atoms with Gasteiger partial charge in [0.15, 0.2) is 0 Å². The quantitative estimate of drug-likeness (QED) is 0.293. The molecule has 0 unspecified atom stereocenters. The molecule has 6 aliphatic carbocycles. The van der Waals surface area contributed by atoms with Crippen LogP contribution in [0.25, 0.3) is 0 Å². The van der Waals surface area contributed by atoms with Crippen molar-refractivity contribution in [3.05, 3.63) is 0 Å². The maximum absolute atomic E-state index is 12.4. The third kappa shape index (κ3) is 3.63. The first-order chi connectivity index (χ1) is 17.2. The number of ketones is 2. The zero-order chi connectivity index (χ0) is 28.5. The Morgan fingerprint density at radius 3 is 1.11 bits per heavy atom. The van der Waals surface area contributed by atoms with Crippen molar-refractivity contribution >= 4 is 58.0 Å². The van der Waals surface area contributed by atoms with E-state index in [0.717, 1.165) is 51.4 Å². The van der Waals surface area contributed by atoms with E-state index in [9.17, 15) is 9.59 Å². The molecule has 0 radical (unpaired) electrons. The summed E-state index contributed by atoms with van der Waals surface area (Å²) < 4.78 is -1.24. The second-order valence-corrected chi connectivity index (χ2v) is 18.9. The maximum Gasteiger partial charge on any atom is 0.136 e. The molecular formula is C32H48Cl4O2. The molecule has 0 amide bonds. The summed E-state index contributed by atoms with van der Waals surface area (Å²) in [5, 5.41) is 0. The first kappa shape index (κ1) is 30.0. The summed E-state index contributed by atoms with van der Waals surface area (Å²) in [6.07, 6.45) is 10.7. The maximum atomic E-state index is 12.4. The van der Waals surface area contributed by atoms with Gasteiger partial charge in [-0.1, -0.05) is 54.4 Å².